The fourth-order valence-corrected chi connectivity index (χ4v) is 2.87. The number of hydrogen-bond acceptors (Lipinski definition) is 3. The average molecular weight is 318 g/mol. The molecule has 1 aromatic carbocycles. The maximum absolute atomic E-state index is 12.2. The van der Waals surface area contributed by atoms with E-state index in [2.05, 4.69) is 29.7 Å². The number of hydrogen-bond donors (Lipinski definition) is 3. The van der Waals surface area contributed by atoms with E-state index >= 15 is 0 Å². The number of carbonyl (C=O) groups is 2. The zero-order chi connectivity index (χ0) is 17.0. The molecule has 0 unspecified atom stereocenters. The highest BCUT2D eigenvalue weighted by Crippen LogP contribution is 2.38. The largest absolute Gasteiger partial charge is 0.394 e. The predicted octanol–water partition coefficient (Wildman–Crippen LogP) is 1.49. The second kappa shape index (κ2) is 7.59. The lowest BCUT2D eigenvalue weighted by Gasteiger charge is -2.37. The lowest BCUT2D eigenvalue weighted by atomic mass is 9.74. The molecule has 1 atom stereocenters. The van der Waals surface area contributed by atoms with Crippen LogP contribution in [0.15, 0.2) is 24.3 Å². The molecule has 1 aliphatic carbocycles. The number of amides is 2. The molecular weight excluding hydrogens is 292 g/mol. The van der Waals surface area contributed by atoms with Crippen molar-refractivity contribution in [2.24, 2.45) is 5.92 Å². The summed E-state index contributed by atoms with van der Waals surface area (Å²) < 4.78 is 0. The van der Waals surface area contributed by atoms with Crippen LogP contribution in [0.1, 0.15) is 43.7 Å². The van der Waals surface area contributed by atoms with Crippen LogP contribution in [0.25, 0.3) is 0 Å². The number of benzene rings is 1. The zero-order valence-electron chi connectivity index (χ0n) is 14.0. The first-order valence-electron chi connectivity index (χ1n) is 8.19. The minimum Gasteiger partial charge on any atom is -0.394 e. The number of aliphatic hydroxyl groups excluding tert-OH is 1. The molecule has 1 saturated carbocycles. The van der Waals surface area contributed by atoms with E-state index in [-0.39, 0.29) is 23.8 Å². The van der Waals surface area contributed by atoms with Crippen molar-refractivity contribution >= 4 is 11.8 Å². The first-order valence-corrected chi connectivity index (χ1v) is 8.19. The summed E-state index contributed by atoms with van der Waals surface area (Å²) >= 11 is 0. The summed E-state index contributed by atoms with van der Waals surface area (Å²) in [5.74, 6) is -0.286. The van der Waals surface area contributed by atoms with E-state index in [1.54, 1.807) is 13.8 Å². The molecule has 0 bridgehead atoms. The molecule has 0 heterocycles. The molecule has 5 nitrogen and oxygen atoms in total. The smallest absolute Gasteiger partial charge is 0.245 e. The topological polar surface area (TPSA) is 78.4 Å². The van der Waals surface area contributed by atoms with Crippen molar-refractivity contribution in [3.05, 3.63) is 35.4 Å². The molecule has 3 N–H and O–H groups in total. The van der Waals surface area contributed by atoms with Crippen molar-refractivity contribution < 1.29 is 14.7 Å². The summed E-state index contributed by atoms with van der Waals surface area (Å²) in [6.45, 7) is 5.21. The standard InChI is InChI=1S/C18H26N2O3/c1-11(2)17(22)20-16(10-21)18(23)19-14-8-13(9-14)15-7-5-4-6-12(15)3/h4-7,11,13-14,16,21H,8-10H2,1-3H3,(H,19,23)(H,20,22)/t13?,14?,16-/m0/s1. The van der Waals surface area contributed by atoms with Gasteiger partial charge < -0.3 is 15.7 Å². The first kappa shape index (κ1) is 17.5. The van der Waals surface area contributed by atoms with Crippen LogP contribution in [0.4, 0.5) is 0 Å². The minimum atomic E-state index is -0.873. The molecule has 0 saturated heterocycles. The highest BCUT2D eigenvalue weighted by Gasteiger charge is 2.33. The van der Waals surface area contributed by atoms with Gasteiger partial charge in [-0.1, -0.05) is 38.1 Å². The van der Waals surface area contributed by atoms with E-state index < -0.39 is 12.6 Å². The second-order valence-electron chi connectivity index (χ2n) is 6.63. The van der Waals surface area contributed by atoms with Crippen molar-refractivity contribution in [2.75, 3.05) is 6.61 Å². The van der Waals surface area contributed by atoms with E-state index in [4.69, 9.17) is 0 Å². The quantitative estimate of drug-likeness (QED) is 0.743. The third-order valence-corrected chi connectivity index (χ3v) is 4.45. The van der Waals surface area contributed by atoms with E-state index in [9.17, 15) is 14.7 Å². The molecule has 0 radical (unpaired) electrons. The Bertz CT molecular complexity index is 565. The number of rotatable bonds is 6. The predicted molar refractivity (Wildman–Crippen MR) is 88.9 cm³/mol. The Hall–Kier alpha value is -1.88. The molecule has 23 heavy (non-hydrogen) atoms. The van der Waals surface area contributed by atoms with E-state index in [1.807, 2.05) is 12.1 Å². The molecule has 126 valence electrons. The van der Waals surface area contributed by atoms with Gasteiger partial charge in [0.15, 0.2) is 0 Å². The van der Waals surface area contributed by atoms with Crippen LogP contribution in [0.3, 0.4) is 0 Å². The lowest BCUT2D eigenvalue weighted by molar-refractivity contribution is -0.132. The Morgan fingerprint density at radius 3 is 2.43 bits per heavy atom. The van der Waals surface area contributed by atoms with Crippen LogP contribution in [0.5, 0.6) is 0 Å². The monoisotopic (exact) mass is 318 g/mol. The molecule has 2 amide bonds. The summed E-state index contributed by atoms with van der Waals surface area (Å²) in [6, 6.07) is 7.54. The maximum atomic E-state index is 12.2. The van der Waals surface area contributed by atoms with Crippen LogP contribution in [-0.2, 0) is 9.59 Å². The van der Waals surface area contributed by atoms with Gasteiger partial charge in [-0.3, -0.25) is 9.59 Å². The van der Waals surface area contributed by atoms with Crippen molar-refractivity contribution in [1.82, 2.24) is 10.6 Å². The average Bonchev–Trinajstić information content (AvgIpc) is 2.48. The molecular formula is C18H26N2O3. The summed E-state index contributed by atoms with van der Waals surface area (Å²) in [4.78, 5) is 23.8. The molecule has 0 aliphatic heterocycles. The van der Waals surface area contributed by atoms with Gasteiger partial charge in [-0.2, -0.15) is 0 Å². The van der Waals surface area contributed by atoms with Crippen LogP contribution >= 0.6 is 0 Å². The van der Waals surface area contributed by atoms with Gasteiger partial charge in [0, 0.05) is 12.0 Å². The zero-order valence-corrected chi connectivity index (χ0v) is 14.0. The highest BCUT2D eigenvalue weighted by molar-refractivity contribution is 5.88. The fourth-order valence-electron chi connectivity index (χ4n) is 2.87. The van der Waals surface area contributed by atoms with Gasteiger partial charge >= 0.3 is 0 Å². The Balaban J connectivity index is 1.83. The molecule has 2 rings (SSSR count). The lowest BCUT2D eigenvalue weighted by Crippen LogP contribution is -2.54. The van der Waals surface area contributed by atoms with Crippen LogP contribution < -0.4 is 10.6 Å². The first-order chi connectivity index (χ1) is 10.9. The number of carbonyl (C=O) groups excluding carboxylic acids is 2. The molecule has 5 heteroatoms. The number of aliphatic hydroxyl groups is 1. The van der Waals surface area contributed by atoms with Gasteiger partial charge in [-0.05, 0) is 36.8 Å². The Labute approximate surface area is 137 Å². The van der Waals surface area contributed by atoms with Crippen molar-refractivity contribution in [3.8, 4) is 0 Å². The van der Waals surface area contributed by atoms with Gasteiger partial charge in [0.1, 0.15) is 6.04 Å². The summed E-state index contributed by atoms with van der Waals surface area (Å²) in [5, 5.41) is 14.8. The summed E-state index contributed by atoms with van der Waals surface area (Å²) in [7, 11) is 0. The van der Waals surface area contributed by atoms with Gasteiger partial charge in [0.25, 0.3) is 0 Å². The van der Waals surface area contributed by atoms with Crippen LogP contribution in [-0.4, -0.2) is 35.6 Å². The molecule has 1 aliphatic rings. The highest BCUT2D eigenvalue weighted by atomic mass is 16.3. The third kappa shape index (κ3) is 4.32. The molecule has 0 spiro atoms. The Morgan fingerprint density at radius 2 is 1.87 bits per heavy atom. The van der Waals surface area contributed by atoms with Gasteiger partial charge in [0.2, 0.25) is 11.8 Å². The normalized spacial score (nSPS) is 21.4. The molecule has 1 fully saturated rings. The van der Waals surface area contributed by atoms with Gasteiger partial charge in [-0.25, -0.2) is 0 Å². The van der Waals surface area contributed by atoms with Gasteiger partial charge in [0.05, 0.1) is 6.61 Å². The minimum absolute atomic E-state index is 0.108. The second-order valence-corrected chi connectivity index (χ2v) is 6.63. The number of aryl methyl sites for hydroxylation is 1. The summed E-state index contributed by atoms with van der Waals surface area (Å²) in [6.07, 6.45) is 1.79. The number of nitrogens with one attached hydrogen (secondary N) is 2. The van der Waals surface area contributed by atoms with Crippen molar-refractivity contribution in [2.45, 2.75) is 51.6 Å². The molecule has 1 aromatic rings. The van der Waals surface area contributed by atoms with E-state index in [0.29, 0.717) is 5.92 Å². The van der Waals surface area contributed by atoms with E-state index in [1.165, 1.54) is 11.1 Å². The SMILES string of the molecule is Cc1ccccc1C1CC(NC(=O)[C@H](CO)NC(=O)C(C)C)C1. The van der Waals surface area contributed by atoms with Crippen molar-refractivity contribution in [1.29, 1.82) is 0 Å². The van der Waals surface area contributed by atoms with E-state index in [0.717, 1.165) is 12.8 Å². The van der Waals surface area contributed by atoms with Crippen LogP contribution in [0.2, 0.25) is 0 Å². The van der Waals surface area contributed by atoms with Gasteiger partial charge in [-0.15, -0.1) is 0 Å². The Morgan fingerprint density at radius 1 is 1.22 bits per heavy atom. The third-order valence-electron chi connectivity index (χ3n) is 4.45. The summed E-state index contributed by atoms with van der Waals surface area (Å²) in [5.41, 5.74) is 2.62. The fraction of sp³-hybridized carbons (Fsp3) is 0.556. The Kier molecular flexibility index (Phi) is 5.77. The molecule has 0 aromatic heterocycles. The maximum Gasteiger partial charge on any atom is 0.245 e. The van der Waals surface area contributed by atoms with Crippen LogP contribution in [0, 0.1) is 12.8 Å². The van der Waals surface area contributed by atoms with Crippen molar-refractivity contribution in [3.63, 3.8) is 0 Å².